The van der Waals surface area contributed by atoms with Crippen molar-refractivity contribution in [2.45, 2.75) is 52.7 Å². The van der Waals surface area contributed by atoms with E-state index in [1.54, 1.807) is 0 Å². The van der Waals surface area contributed by atoms with Gasteiger partial charge in [-0.15, -0.1) is 0 Å². The van der Waals surface area contributed by atoms with Crippen LogP contribution in [0.5, 0.6) is 0 Å². The van der Waals surface area contributed by atoms with E-state index in [2.05, 4.69) is 12.2 Å². The lowest BCUT2D eigenvalue weighted by atomic mass is 10.0. The van der Waals surface area contributed by atoms with Crippen LogP contribution >= 0.6 is 0 Å². The van der Waals surface area contributed by atoms with Crippen LogP contribution in [-0.2, 0) is 4.74 Å². The second kappa shape index (κ2) is 5.95. The maximum absolute atomic E-state index is 11.4. The van der Waals surface area contributed by atoms with Crippen LogP contribution in [0.1, 0.15) is 41.0 Å². The molecule has 90 valence electrons. The third-order valence-corrected chi connectivity index (χ3v) is 1.92. The summed E-state index contributed by atoms with van der Waals surface area (Å²) in [6, 6.07) is 0.0957. The third kappa shape index (κ3) is 8.24. The number of rotatable bonds is 4. The largest absolute Gasteiger partial charge is 0.444 e. The molecule has 2 atom stereocenters. The van der Waals surface area contributed by atoms with E-state index in [1.807, 2.05) is 27.7 Å². The first-order valence-corrected chi connectivity index (χ1v) is 5.44. The van der Waals surface area contributed by atoms with Crippen molar-refractivity contribution in [3.05, 3.63) is 0 Å². The van der Waals surface area contributed by atoms with E-state index in [4.69, 9.17) is 10.5 Å². The standard InChI is InChI=1S/C11H24N2O2/c1-8(7-12)6-9(2)13-10(14)15-11(3,4)5/h8-9H,6-7,12H2,1-5H3,(H,13,14)/t8?,9-/m1/s1. The van der Waals surface area contributed by atoms with Crippen molar-refractivity contribution in [3.63, 3.8) is 0 Å². The quantitative estimate of drug-likeness (QED) is 0.754. The summed E-state index contributed by atoms with van der Waals surface area (Å²) in [7, 11) is 0. The number of alkyl carbamates (subject to hydrolysis) is 1. The molecule has 0 fully saturated rings. The molecule has 1 amide bonds. The summed E-state index contributed by atoms with van der Waals surface area (Å²) in [5.74, 6) is 0.412. The first kappa shape index (κ1) is 14.2. The molecule has 0 saturated carbocycles. The molecule has 4 nitrogen and oxygen atoms in total. The molecule has 0 aliphatic heterocycles. The predicted molar refractivity (Wildman–Crippen MR) is 61.7 cm³/mol. The second-order valence-corrected chi connectivity index (χ2v) is 5.12. The van der Waals surface area contributed by atoms with Crippen molar-refractivity contribution < 1.29 is 9.53 Å². The Kier molecular flexibility index (Phi) is 5.65. The number of carbonyl (C=O) groups excluding carboxylic acids is 1. The fourth-order valence-corrected chi connectivity index (χ4v) is 1.27. The van der Waals surface area contributed by atoms with Gasteiger partial charge in [-0.25, -0.2) is 4.79 Å². The van der Waals surface area contributed by atoms with Crippen molar-refractivity contribution in [2.24, 2.45) is 11.7 Å². The molecular formula is C11H24N2O2. The molecule has 1 unspecified atom stereocenters. The van der Waals surface area contributed by atoms with E-state index in [-0.39, 0.29) is 12.1 Å². The van der Waals surface area contributed by atoms with Crippen molar-refractivity contribution >= 4 is 6.09 Å². The van der Waals surface area contributed by atoms with Gasteiger partial charge in [0.1, 0.15) is 5.60 Å². The lowest BCUT2D eigenvalue weighted by Crippen LogP contribution is -2.38. The highest BCUT2D eigenvalue weighted by atomic mass is 16.6. The van der Waals surface area contributed by atoms with E-state index in [1.165, 1.54) is 0 Å². The third-order valence-electron chi connectivity index (χ3n) is 1.92. The minimum atomic E-state index is -0.441. The molecule has 0 aromatic rings. The highest BCUT2D eigenvalue weighted by molar-refractivity contribution is 5.67. The molecule has 0 aromatic carbocycles. The van der Waals surface area contributed by atoms with Crippen LogP contribution in [0.2, 0.25) is 0 Å². The van der Waals surface area contributed by atoms with Crippen LogP contribution in [0.25, 0.3) is 0 Å². The summed E-state index contributed by atoms with van der Waals surface area (Å²) < 4.78 is 5.14. The lowest BCUT2D eigenvalue weighted by molar-refractivity contribution is 0.0503. The van der Waals surface area contributed by atoms with Crippen LogP contribution in [0.15, 0.2) is 0 Å². The zero-order valence-electron chi connectivity index (χ0n) is 10.5. The van der Waals surface area contributed by atoms with Crippen LogP contribution in [0.4, 0.5) is 4.79 Å². The van der Waals surface area contributed by atoms with Gasteiger partial charge in [0.05, 0.1) is 0 Å². The number of amides is 1. The van der Waals surface area contributed by atoms with Gasteiger partial charge in [0.25, 0.3) is 0 Å². The molecule has 0 aliphatic rings. The molecule has 0 spiro atoms. The van der Waals surface area contributed by atoms with Crippen molar-refractivity contribution in [3.8, 4) is 0 Å². The number of hydrogen-bond acceptors (Lipinski definition) is 3. The molecule has 3 N–H and O–H groups in total. The molecule has 0 aromatic heterocycles. The van der Waals surface area contributed by atoms with Gasteiger partial charge < -0.3 is 15.8 Å². The normalized spacial score (nSPS) is 15.6. The Balaban J connectivity index is 3.87. The van der Waals surface area contributed by atoms with Crippen LogP contribution in [0, 0.1) is 5.92 Å². The monoisotopic (exact) mass is 216 g/mol. The molecule has 0 aliphatic carbocycles. The molecule has 0 rings (SSSR count). The summed E-state index contributed by atoms with van der Waals surface area (Å²) in [6.07, 6.45) is 0.509. The number of nitrogens with one attached hydrogen (secondary N) is 1. The van der Waals surface area contributed by atoms with E-state index >= 15 is 0 Å². The zero-order valence-corrected chi connectivity index (χ0v) is 10.5. The van der Waals surface area contributed by atoms with Crippen molar-refractivity contribution in [2.75, 3.05) is 6.54 Å². The highest BCUT2D eigenvalue weighted by Crippen LogP contribution is 2.08. The lowest BCUT2D eigenvalue weighted by Gasteiger charge is -2.23. The van der Waals surface area contributed by atoms with Crippen LogP contribution in [-0.4, -0.2) is 24.3 Å². The molecule has 4 heteroatoms. The minimum absolute atomic E-state index is 0.0957. The second-order valence-electron chi connectivity index (χ2n) is 5.12. The van der Waals surface area contributed by atoms with Crippen LogP contribution < -0.4 is 11.1 Å². The highest BCUT2D eigenvalue weighted by Gasteiger charge is 2.18. The smallest absolute Gasteiger partial charge is 0.407 e. The average Bonchev–Trinajstić information content (AvgIpc) is 1.99. The van der Waals surface area contributed by atoms with Crippen molar-refractivity contribution in [1.82, 2.24) is 5.32 Å². The maximum atomic E-state index is 11.4. The Morgan fingerprint density at radius 2 is 1.93 bits per heavy atom. The average molecular weight is 216 g/mol. The number of carbonyl (C=O) groups is 1. The fourth-order valence-electron chi connectivity index (χ4n) is 1.27. The molecular weight excluding hydrogens is 192 g/mol. The van der Waals surface area contributed by atoms with Gasteiger partial charge >= 0.3 is 6.09 Å². The Labute approximate surface area is 92.6 Å². The molecule has 0 heterocycles. The molecule has 0 radical (unpaired) electrons. The van der Waals surface area contributed by atoms with E-state index in [9.17, 15) is 4.79 Å². The Bertz CT molecular complexity index is 199. The molecule has 15 heavy (non-hydrogen) atoms. The summed E-state index contributed by atoms with van der Waals surface area (Å²) in [5, 5.41) is 2.78. The predicted octanol–water partition coefficient (Wildman–Crippen LogP) is 1.88. The Hall–Kier alpha value is -0.770. The zero-order chi connectivity index (χ0) is 12.1. The van der Waals surface area contributed by atoms with Crippen LogP contribution in [0.3, 0.4) is 0 Å². The van der Waals surface area contributed by atoms with Gasteiger partial charge in [-0.3, -0.25) is 0 Å². The van der Waals surface area contributed by atoms with Gasteiger partial charge in [0, 0.05) is 6.04 Å². The Morgan fingerprint density at radius 3 is 2.33 bits per heavy atom. The van der Waals surface area contributed by atoms with Gasteiger partial charge in [-0.2, -0.15) is 0 Å². The number of nitrogens with two attached hydrogens (primary N) is 1. The topological polar surface area (TPSA) is 64.3 Å². The number of ether oxygens (including phenoxy) is 1. The molecule has 0 bridgehead atoms. The van der Waals surface area contributed by atoms with E-state index in [0.717, 1.165) is 6.42 Å². The summed E-state index contributed by atoms with van der Waals surface area (Å²) in [5.41, 5.74) is 5.07. The van der Waals surface area contributed by atoms with E-state index < -0.39 is 5.60 Å². The SMILES string of the molecule is CC(CN)C[C@@H](C)NC(=O)OC(C)(C)C. The van der Waals surface area contributed by atoms with Gasteiger partial charge in [-0.05, 0) is 46.6 Å². The first-order valence-electron chi connectivity index (χ1n) is 5.44. The summed E-state index contributed by atoms with van der Waals surface area (Å²) in [6.45, 7) is 10.2. The van der Waals surface area contributed by atoms with E-state index in [0.29, 0.717) is 12.5 Å². The molecule has 0 saturated heterocycles. The van der Waals surface area contributed by atoms with Crippen molar-refractivity contribution in [1.29, 1.82) is 0 Å². The Morgan fingerprint density at radius 1 is 1.40 bits per heavy atom. The summed E-state index contributed by atoms with van der Waals surface area (Å²) in [4.78, 5) is 11.4. The minimum Gasteiger partial charge on any atom is -0.444 e. The van der Waals surface area contributed by atoms with Gasteiger partial charge in [0.15, 0.2) is 0 Å². The van der Waals surface area contributed by atoms with Gasteiger partial charge in [-0.1, -0.05) is 6.92 Å². The summed E-state index contributed by atoms with van der Waals surface area (Å²) >= 11 is 0. The fraction of sp³-hybridized carbons (Fsp3) is 0.909. The number of hydrogen-bond donors (Lipinski definition) is 2. The maximum Gasteiger partial charge on any atom is 0.407 e. The van der Waals surface area contributed by atoms with Gasteiger partial charge in [0.2, 0.25) is 0 Å². The first-order chi connectivity index (χ1) is 6.74.